The van der Waals surface area contributed by atoms with Crippen LogP contribution in [0.1, 0.15) is 6.42 Å². The van der Waals surface area contributed by atoms with Crippen molar-refractivity contribution in [2.75, 3.05) is 18.4 Å². The van der Waals surface area contributed by atoms with Crippen LogP contribution in [0, 0.1) is 0 Å². The highest BCUT2D eigenvalue weighted by Gasteiger charge is 2.39. The fourth-order valence-corrected chi connectivity index (χ4v) is 3.01. The first-order valence-electron chi connectivity index (χ1n) is 6.75. The molecule has 1 N–H and O–H groups in total. The second-order valence-corrected chi connectivity index (χ2v) is 7.11. The first-order valence-corrected chi connectivity index (χ1v) is 8.29. The van der Waals surface area contributed by atoms with Gasteiger partial charge in [-0.2, -0.15) is 22.0 Å². The van der Waals surface area contributed by atoms with Gasteiger partial charge in [0.05, 0.1) is 4.90 Å². The smallest absolute Gasteiger partial charge is 0.374 e. The van der Waals surface area contributed by atoms with Crippen LogP contribution in [0.3, 0.4) is 0 Å². The van der Waals surface area contributed by atoms with E-state index in [4.69, 9.17) is 0 Å². The highest BCUT2D eigenvalue weighted by molar-refractivity contribution is 7.91. The van der Waals surface area contributed by atoms with Crippen LogP contribution < -0.4 is 5.32 Å². The Bertz CT molecular complexity index is 703. The zero-order valence-corrected chi connectivity index (χ0v) is 12.9. The molecular weight excluding hydrogens is 359 g/mol. The summed E-state index contributed by atoms with van der Waals surface area (Å²) in [5.41, 5.74) is 0.246. The Kier molecular flexibility index (Phi) is 5.02. The lowest BCUT2D eigenvalue weighted by atomic mass is 10.2. The Morgan fingerprint density at radius 3 is 2.29 bits per heavy atom. The van der Waals surface area contributed by atoms with E-state index in [9.17, 15) is 35.2 Å². The van der Waals surface area contributed by atoms with E-state index in [2.05, 4.69) is 5.32 Å². The van der Waals surface area contributed by atoms with Crippen molar-refractivity contribution >= 4 is 21.4 Å². The Morgan fingerprint density at radius 1 is 1.21 bits per heavy atom. The molecule has 1 saturated heterocycles. The molecule has 1 aromatic carbocycles. The molecule has 2 rings (SSSR count). The molecule has 1 aliphatic heterocycles. The van der Waals surface area contributed by atoms with Gasteiger partial charge in [0.1, 0.15) is 12.6 Å². The quantitative estimate of drug-likeness (QED) is 0.806. The van der Waals surface area contributed by atoms with Crippen LogP contribution in [0.25, 0.3) is 0 Å². The molecule has 0 bridgehead atoms. The number of nitrogens with zero attached hydrogens (tertiary/aromatic N) is 1. The summed E-state index contributed by atoms with van der Waals surface area (Å²) in [4.78, 5) is 12.0. The van der Waals surface area contributed by atoms with Crippen molar-refractivity contribution in [3.63, 3.8) is 0 Å². The predicted octanol–water partition coefficient (Wildman–Crippen LogP) is 2.26. The Balaban J connectivity index is 2.04. The van der Waals surface area contributed by atoms with Crippen molar-refractivity contribution in [2.24, 2.45) is 0 Å². The van der Waals surface area contributed by atoms with E-state index in [-0.39, 0.29) is 18.7 Å². The number of anilines is 1. The van der Waals surface area contributed by atoms with Gasteiger partial charge >= 0.3 is 11.9 Å². The number of amides is 1. The van der Waals surface area contributed by atoms with Gasteiger partial charge < -0.3 is 10.2 Å². The number of nitrogens with one attached hydrogen (secondary N) is 1. The average Bonchev–Trinajstić information content (AvgIpc) is 2.79. The number of sulfone groups is 1. The maximum atomic E-state index is 12.4. The second-order valence-electron chi connectivity index (χ2n) is 5.19. The maximum Gasteiger partial charge on any atom is 0.406 e. The normalized spacial score (nSPS) is 19.2. The van der Waals surface area contributed by atoms with Gasteiger partial charge in [0, 0.05) is 12.2 Å². The van der Waals surface area contributed by atoms with Gasteiger partial charge in [-0.25, -0.2) is 8.42 Å². The zero-order valence-electron chi connectivity index (χ0n) is 12.1. The average molecular weight is 372 g/mol. The van der Waals surface area contributed by atoms with Gasteiger partial charge in [-0.15, -0.1) is 0 Å². The number of rotatable bonds is 5. The van der Waals surface area contributed by atoms with Gasteiger partial charge in [-0.3, -0.25) is 4.79 Å². The molecular formula is C13H13F5N2O3S. The summed E-state index contributed by atoms with van der Waals surface area (Å²) < 4.78 is 84.3. The minimum atomic E-state index is -4.72. The number of carbonyl (C=O) groups excluding carboxylic acids is 1. The van der Waals surface area contributed by atoms with E-state index >= 15 is 0 Å². The molecule has 1 aromatic rings. The van der Waals surface area contributed by atoms with Crippen LogP contribution in [0.2, 0.25) is 0 Å². The highest BCUT2D eigenvalue weighted by Crippen LogP contribution is 2.24. The van der Waals surface area contributed by atoms with E-state index in [1.807, 2.05) is 0 Å². The number of halogens is 5. The number of benzene rings is 1. The molecule has 1 heterocycles. The minimum absolute atomic E-state index is 0.0617. The van der Waals surface area contributed by atoms with Gasteiger partial charge in [0.25, 0.3) is 0 Å². The maximum absolute atomic E-state index is 12.4. The van der Waals surface area contributed by atoms with Crippen molar-refractivity contribution in [2.45, 2.75) is 29.3 Å². The first kappa shape index (κ1) is 18.4. The molecule has 0 aromatic heterocycles. The molecule has 134 valence electrons. The summed E-state index contributed by atoms with van der Waals surface area (Å²) in [6.45, 7) is -1.40. The van der Waals surface area contributed by atoms with Gasteiger partial charge in [-0.1, -0.05) is 0 Å². The van der Waals surface area contributed by atoms with Crippen molar-refractivity contribution < 1.29 is 35.2 Å². The molecule has 1 amide bonds. The van der Waals surface area contributed by atoms with Crippen LogP contribution in [0.5, 0.6) is 0 Å². The molecule has 0 spiro atoms. The lowest BCUT2D eigenvalue weighted by Gasteiger charge is -2.19. The van der Waals surface area contributed by atoms with Crippen LogP contribution in [0.15, 0.2) is 29.2 Å². The molecule has 5 nitrogen and oxygen atoms in total. The number of hydrogen-bond donors (Lipinski definition) is 1. The van der Waals surface area contributed by atoms with Crippen molar-refractivity contribution in [1.29, 1.82) is 0 Å². The minimum Gasteiger partial charge on any atom is -0.374 e. The third-order valence-corrected chi connectivity index (χ3v) is 4.82. The SMILES string of the molecule is O=C1C(Nc2ccc(S(=O)(=O)C(F)F)cc2)CCN1CC(F)(F)F. The number of hydrogen-bond acceptors (Lipinski definition) is 4. The molecule has 0 aliphatic carbocycles. The summed E-state index contributed by atoms with van der Waals surface area (Å²) in [5.74, 6) is -4.28. The van der Waals surface area contributed by atoms with E-state index in [0.717, 1.165) is 12.1 Å². The van der Waals surface area contributed by atoms with E-state index in [1.54, 1.807) is 0 Å². The van der Waals surface area contributed by atoms with Crippen molar-refractivity contribution in [3.05, 3.63) is 24.3 Å². The van der Waals surface area contributed by atoms with Crippen LogP contribution in [-0.2, 0) is 14.6 Å². The topological polar surface area (TPSA) is 66.5 Å². The number of alkyl halides is 5. The van der Waals surface area contributed by atoms with Gasteiger partial charge in [-0.05, 0) is 30.7 Å². The number of likely N-dealkylation sites (tertiary alicyclic amines) is 1. The molecule has 0 saturated carbocycles. The van der Waals surface area contributed by atoms with E-state index in [0.29, 0.717) is 4.90 Å². The zero-order chi connectivity index (χ0) is 18.1. The molecule has 0 radical (unpaired) electrons. The standard InChI is InChI=1S/C13H13F5N2O3S/c14-12(15)24(22,23)9-3-1-8(2-4-9)19-10-5-6-20(11(10)21)7-13(16,17)18/h1-4,10,12,19H,5-7H2. The van der Waals surface area contributed by atoms with Gasteiger partial charge in [0.2, 0.25) is 15.7 Å². The van der Waals surface area contributed by atoms with E-state index < -0.39 is 45.2 Å². The Morgan fingerprint density at radius 2 is 1.79 bits per heavy atom. The third kappa shape index (κ3) is 4.13. The summed E-state index contributed by atoms with van der Waals surface area (Å²) in [7, 11) is -4.72. The lowest BCUT2D eigenvalue weighted by molar-refractivity contribution is -0.157. The Labute approximate surface area is 134 Å². The Hall–Kier alpha value is -1.91. The molecule has 1 aliphatic rings. The summed E-state index contributed by atoms with van der Waals surface area (Å²) in [5, 5.41) is 2.67. The largest absolute Gasteiger partial charge is 0.406 e. The molecule has 24 heavy (non-hydrogen) atoms. The summed E-state index contributed by atoms with van der Waals surface area (Å²) in [6.07, 6.45) is -4.35. The summed E-state index contributed by atoms with van der Waals surface area (Å²) >= 11 is 0. The number of carbonyl (C=O) groups is 1. The fraction of sp³-hybridized carbons (Fsp3) is 0.462. The lowest BCUT2D eigenvalue weighted by Crippen LogP contribution is -2.39. The molecule has 11 heteroatoms. The predicted molar refractivity (Wildman–Crippen MR) is 74.3 cm³/mol. The van der Waals surface area contributed by atoms with Crippen molar-refractivity contribution in [3.8, 4) is 0 Å². The van der Waals surface area contributed by atoms with E-state index in [1.165, 1.54) is 12.1 Å². The molecule has 1 unspecified atom stereocenters. The van der Waals surface area contributed by atoms with Crippen LogP contribution >= 0.6 is 0 Å². The molecule has 1 atom stereocenters. The third-order valence-electron chi connectivity index (χ3n) is 3.43. The molecule has 1 fully saturated rings. The highest BCUT2D eigenvalue weighted by atomic mass is 32.2. The monoisotopic (exact) mass is 372 g/mol. The van der Waals surface area contributed by atoms with Crippen molar-refractivity contribution in [1.82, 2.24) is 4.90 Å². The summed E-state index contributed by atoms with van der Waals surface area (Å²) in [6, 6.07) is 3.35. The first-order chi connectivity index (χ1) is 11.0. The fourth-order valence-electron chi connectivity index (χ4n) is 2.29. The second kappa shape index (κ2) is 6.54. The van der Waals surface area contributed by atoms with Crippen LogP contribution in [0.4, 0.5) is 27.6 Å². The van der Waals surface area contributed by atoms with Gasteiger partial charge in [0.15, 0.2) is 0 Å². The van der Waals surface area contributed by atoms with Crippen LogP contribution in [-0.4, -0.2) is 50.3 Å².